The second-order valence-electron chi connectivity index (χ2n) is 3.25. The minimum atomic E-state index is 0.246. The molecule has 90 valence electrons. The van der Waals surface area contributed by atoms with E-state index in [0.717, 1.165) is 12.5 Å². The minimum absolute atomic E-state index is 0.246. The van der Waals surface area contributed by atoms with Gasteiger partial charge in [-0.15, -0.1) is 0 Å². The molecule has 0 saturated heterocycles. The molecule has 0 aliphatic rings. The lowest BCUT2D eigenvalue weighted by molar-refractivity contribution is 0.178. The van der Waals surface area contributed by atoms with Gasteiger partial charge in [0.15, 0.2) is 5.96 Å². The number of methoxy groups -OCH3 is 2. The summed E-state index contributed by atoms with van der Waals surface area (Å²) < 4.78 is 9.97. The number of nitrogens with one attached hydrogen (secondary N) is 2. The van der Waals surface area contributed by atoms with Crippen molar-refractivity contribution in [2.24, 2.45) is 4.99 Å². The lowest BCUT2D eigenvalue weighted by Crippen LogP contribution is -2.44. The van der Waals surface area contributed by atoms with Gasteiger partial charge in [-0.3, -0.25) is 4.99 Å². The van der Waals surface area contributed by atoms with Gasteiger partial charge in [0.25, 0.3) is 0 Å². The van der Waals surface area contributed by atoms with Crippen LogP contribution in [0.2, 0.25) is 0 Å². The molecule has 0 radical (unpaired) electrons. The van der Waals surface area contributed by atoms with Crippen LogP contribution in [0, 0.1) is 0 Å². The molecule has 5 nitrogen and oxygen atoms in total. The van der Waals surface area contributed by atoms with Crippen molar-refractivity contribution in [2.75, 3.05) is 40.5 Å². The van der Waals surface area contributed by atoms with E-state index in [2.05, 4.69) is 15.6 Å². The summed E-state index contributed by atoms with van der Waals surface area (Å²) in [6.45, 7) is 6.88. The molecule has 1 unspecified atom stereocenters. The van der Waals surface area contributed by atoms with Crippen LogP contribution in [-0.2, 0) is 9.47 Å². The van der Waals surface area contributed by atoms with Crippen LogP contribution in [-0.4, -0.2) is 52.5 Å². The summed E-state index contributed by atoms with van der Waals surface area (Å²) in [5.74, 6) is 0.805. The maximum Gasteiger partial charge on any atom is 0.191 e. The Morgan fingerprint density at radius 3 is 2.60 bits per heavy atom. The van der Waals surface area contributed by atoms with Crippen molar-refractivity contribution in [3.8, 4) is 0 Å². The number of rotatable bonds is 7. The normalized spacial score (nSPS) is 13.7. The van der Waals surface area contributed by atoms with Crippen LogP contribution in [0.1, 0.15) is 13.8 Å². The molecule has 0 spiro atoms. The molecule has 0 aliphatic heterocycles. The molecule has 0 bridgehead atoms. The summed E-state index contributed by atoms with van der Waals surface area (Å²) in [4.78, 5) is 4.34. The lowest BCUT2D eigenvalue weighted by atomic mass is 10.4. The molecule has 0 aromatic carbocycles. The zero-order valence-electron chi connectivity index (χ0n) is 10.2. The molecule has 0 heterocycles. The summed E-state index contributed by atoms with van der Waals surface area (Å²) in [5, 5.41) is 6.39. The van der Waals surface area contributed by atoms with Gasteiger partial charge in [-0.05, 0) is 13.8 Å². The van der Waals surface area contributed by atoms with Gasteiger partial charge < -0.3 is 20.1 Å². The van der Waals surface area contributed by atoms with Crippen molar-refractivity contribution >= 4 is 5.96 Å². The van der Waals surface area contributed by atoms with Crippen LogP contribution >= 0.6 is 0 Å². The predicted octanol–water partition coefficient (Wildman–Crippen LogP) is 0.223. The molecular weight excluding hydrogens is 194 g/mol. The van der Waals surface area contributed by atoms with E-state index in [0.29, 0.717) is 19.8 Å². The average Bonchev–Trinajstić information content (AvgIpc) is 2.18. The van der Waals surface area contributed by atoms with Crippen LogP contribution in [0.3, 0.4) is 0 Å². The quantitative estimate of drug-likeness (QED) is 0.364. The summed E-state index contributed by atoms with van der Waals surface area (Å²) in [6, 6.07) is 0.246. The third-order valence-electron chi connectivity index (χ3n) is 1.71. The Labute approximate surface area is 92.2 Å². The second kappa shape index (κ2) is 9.73. The van der Waals surface area contributed by atoms with Gasteiger partial charge in [-0.1, -0.05) is 0 Å². The van der Waals surface area contributed by atoms with E-state index in [1.165, 1.54) is 0 Å². The number of hydrogen-bond donors (Lipinski definition) is 2. The summed E-state index contributed by atoms with van der Waals surface area (Å²) >= 11 is 0. The van der Waals surface area contributed by atoms with Gasteiger partial charge in [-0.2, -0.15) is 0 Å². The SMILES string of the molecule is CCNC(=NCCOC)NC(C)COC. The van der Waals surface area contributed by atoms with E-state index >= 15 is 0 Å². The van der Waals surface area contributed by atoms with E-state index in [4.69, 9.17) is 9.47 Å². The van der Waals surface area contributed by atoms with Crippen LogP contribution in [0.5, 0.6) is 0 Å². The molecule has 0 amide bonds. The highest BCUT2D eigenvalue weighted by Gasteiger charge is 2.03. The monoisotopic (exact) mass is 217 g/mol. The summed E-state index contributed by atoms with van der Waals surface area (Å²) in [6.07, 6.45) is 0. The van der Waals surface area contributed by atoms with Crippen LogP contribution in [0.25, 0.3) is 0 Å². The van der Waals surface area contributed by atoms with Gasteiger partial charge in [-0.25, -0.2) is 0 Å². The molecule has 0 aromatic rings. The third kappa shape index (κ3) is 8.20. The van der Waals surface area contributed by atoms with Crippen molar-refractivity contribution in [1.29, 1.82) is 0 Å². The van der Waals surface area contributed by atoms with E-state index in [9.17, 15) is 0 Å². The zero-order valence-corrected chi connectivity index (χ0v) is 10.2. The van der Waals surface area contributed by atoms with Crippen molar-refractivity contribution in [1.82, 2.24) is 10.6 Å². The predicted molar refractivity (Wildman–Crippen MR) is 62.3 cm³/mol. The first-order valence-corrected chi connectivity index (χ1v) is 5.27. The van der Waals surface area contributed by atoms with Gasteiger partial charge in [0.05, 0.1) is 19.8 Å². The Morgan fingerprint density at radius 2 is 2.07 bits per heavy atom. The smallest absolute Gasteiger partial charge is 0.191 e. The molecular formula is C10H23N3O2. The molecule has 0 aromatic heterocycles. The highest BCUT2D eigenvalue weighted by molar-refractivity contribution is 5.80. The van der Waals surface area contributed by atoms with E-state index < -0.39 is 0 Å². The highest BCUT2D eigenvalue weighted by Crippen LogP contribution is 1.83. The fraction of sp³-hybridized carbons (Fsp3) is 0.900. The number of guanidine groups is 1. The summed E-state index contributed by atoms with van der Waals surface area (Å²) in [7, 11) is 3.36. The van der Waals surface area contributed by atoms with Crippen molar-refractivity contribution < 1.29 is 9.47 Å². The van der Waals surface area contributed by atoms with Gasteiger partial charge in [0, 0.05) is 26.8 Å². The third-order valence-corrected chi connectivity index (χ3v) is 1.71. The van der Waals surface area contributed by atoms with Crippen LogP contribution < -0.4 is 10.6 Å². The molecule has 0 aliphatic carbocycles. The van der Waals surface area contributed by atoms with Gasteiger partial charge in [0.2, 0.25) is 0 Å². The molecule has 15 heavy (non-hydrogen) atoms. The molecule has 0 fully saturated rings. The second-order valence-corrected chi connectivity index (χ2v) is 3.25. The largest absolute Gasteiger partial charge is 0.383 e. The standard InChI is InChI=1S/C10H23N3O2/c1-5-11-10(12-6-7-14-3)13-9(2)8-15-4/h9H,5-8H2,1-4H3,(H2,11,12,13). The molecule has 0 saturated carbocycles. The van der Waals surface area contributed by atoms with E-state index in [1.807, 2.05) is 13.8 Å². The molecule has 5 heteroatoms. The number of ether oxygens (including phenoxy) is 2. The number of hydrogen-bond acceptors (Lipinski definition) is 3. The Kier molecular flexibility index (Phi) is 9.21. The molecule has 2 N–H and O–H groups in total. The Bertz CT molecular complexity index is 174. The number of nitrogens with zero attached hydrogens (tertiary/aromatic N) is 1. The fourth-order valence-corrected chi connectivity index (χ4v) is 1.09. The van der Waals surface area contributed by atoms with Gasteiger partial charge >= 0.3 is 0 Å². The lowest BCUT2D eigenvalue weighted by Gasteiger charge is -2.16. The van der Waals surface area contributed by atoms with Crippen molar-refractivity contribution in [3.63, 3.8) is 0 Å². The Balaban J connectivity index is 3.95. The molecule has 1 atom stereocenters. The minimum Gasteiger partial charge on any atom is -0.383 e. The molecule has 0 rings (SSSR count). The highest BCUT2D eigenvalue weighted by atomic mass is 16.5. The Morgan fingerprint density at radius 1 is 1.33 bits per heavy atom. The van der Waals surface area contributed by atoms with E-state index in [1.54, 1.807) is 14.2 Å². The summed E-state index contributed by atoms with van der Waals surface area (Å²) in [5.41, 5.74) is 0. The topological polar surface area (TPSA) is 54.9 Å². The fourth-order valence-electron chi connectivity index (χ4n) is 1.09. The van der Waals surface area contributed by atoms with Gasteiger partial charge in [0.1, 0.15) is 0 Å². The maximum absolute atomic E-state index is 5.04. The number of aliphatic imine (C=N–C) groups is 1. The first-order valence-electron chi connectivity index (χ1n) is 5.27. The van der Waals surface area contributed by atoms with Crippen LogP contribution in [0.4, 0.5) is 0 Å². The van der Waals surface area contributed by atoms with Crippen LogP contribution in [0.15, 0.2) is 4.99 Å². The first-order chi connectivity index (χ1) is 7.24. The van der Waals surface area contributed by atoms with E-state index in [-0.39, 0.29) is 6.04 Å². The van der Waals surface area contributed by atoms with Crippen molar-refractivity contribution in [3.05, 3.63) is 0 Å². The van der Waals surface area contributed by atoms with Crippen molar-refractivity contribution in [2.45, 2.75) is 19.9 Å². The maximum atomic E-state index is 5.04. The zero-order chi connectivity index (χ0) is 11.5. The average molecular weight is 217 g/mol. The Hall–Kier alpha value is -0.810. The first kappa shape index (κ1) is 14.2.